The van der Waals surface area contributed by atoms with Crippen LogP contribution in [0.2, 0.25) is 0 Å². The second-order valence-electron chi connectivity index (χ2n) is 1.82. The average Bonchev–Trinajstić information content (AvgIpc) is 2.33. The number of hydrogen-bond donors (Lipinski definition) is 0. The number of aromatic nitrogens is 1. The Morgan fingerprint density at radius 1 is 1.20 bits per heavy atom. The molecule has 0 atom stereocenters. The molecule has 0 aliphatic rings. The van der Waals surface area contributed by atoms with Crippen molar-refractivity contribution >= 4 is 35.0 Å². The monoisotopic (exact) mass is 239 g/mol. The molecule has 0 spiro atoms. The van der Waals surface area contributed by atoms with E-state index in [0.717, 1.165) is 11.1 Å². The predicted octanol–water partition coefficient (Wildman–Crippen LogP) is 1.45. The van der Waals surface area contributed by atoms with Crippen LogP contribution in [0.25, 0.3) is 11.1 Å². The first-order valence-corrected chi connectivity index (χ1v) is 2.75. The van der Waals surface area contributed by atoms with E-state index in [1.165, 1.54) is 6.39 Å². The summed E-state index contributed by atoms with van der Waals surface area (Å²) in [6, 6.07) is 7.67. The summed E-state index contributed by atoms with van der Waals surface area (Å²) in [6.07, 6.45) is 1.45. The first-order chi connectivity index (χ1) is 4.47. The summed E-state index contributed by atoms with van der Waals surface area (Å²) in [4.78, 5) is 3.95. The Morgan fingerprint density at radius 2 is 2.00 bits per heavy atom. The van der Waals surface area contributed by atoms with E-state index < -0.39 is 0 Å². The zero-order valence-corrected chi connectivity index (χ0v) is 8.10. The van der Waals surface area contributed by atoms with Crippen molar-refractivity contribution in [2.24, 2.45) is 0 Å². The number of fused-ring (bicyclic) bond motifs is 1. The molecule has 0 saturated heterocycles. The standard InChI is InChI=1S/C7H5NO.Sn/c1-2-4-7-6(3-1)8-5-9-7;/h1-5H;. The molecule has 4 radical (unpaired) electrons. The zero-order chi connectivity index (χ0) is 6.10. The molecule has 0 unspecified atom stereocenters. The molecule has 1 aromatic carbocycles. The third-order valence-electron chi connectivity index (χ3n) is 1.24. The van der Waals surface area contributed by atoms with Crippen LogP contribution in [0.4, 0.5) is 0 Å². The second kappa shape index (κ2) is 3.05. The summed E-state index contributed by atoms with van der Waals surface area (Å²) < 4.78 is 5.01. The van der Waals surface area contributed by atoms with Gasteiger partial charge in [0.05, 0.1) is 0 Å². The van der Waals surface area contributed by atoms with Gasteiger partial charge in [0.25, 0.3) is 0 Å². The molecule has 2 rings (SSSR count). The minimum Gasteiger partial charge on any atom is -0.443 e. The van der Waals surface area contributed by atoms with Crippen molar-refractivity contribution < 1.29 is 4.42 Å². The van der Waals surface area contributed by atoms with Crippen LogP contribution in [-0.4, -0.2) is 28.9 Å². The van der Waals surface area contributed by atoms with Gasteiger partial charge >= 0.3 is 0 Å². The molecule has 1 heterocycles. The van der Waals surface area contributed by atoms with E-state index in [1.54, 1.807) is 0 Å². The first-order valence-electron chi connectivity index (χ1n) is 2.75. The van der Waals surface area contributed by atoms with Gasteiger partial charge in [0, 0.05) is 23.9 Å². The van der Waals surface area contributed by atoms with Crippen molar-refractivity contribution in [1.82, 2.24) is 4.98 Å². The molecule has 3 heteroatoms. The predicted molar refractivity (Wildman–Crippen MR) is 39.8 cm³/mol. The van der Waals surface area contributed by atoms with Gasteiger partial charge in [0.15, 0.2) is 12.0 Å². The van der Waals surface area contributed by atoms with Crippen LogP contribution in [0.15, 0.2) is 35.1 Å². The average molecular weight is 238 g/mol. The van der Waals surface area contributed by atoms with Crippen LogP contribution < -0.4 is 0 Å². The van der Waals surface area contributed by atoms with Crippen LogP contribution in [0.3, 0.4) is 0 Å². The summed E-state index contributed by atoms with van der Waals surface area (Å²) >= 11 is 0. The number of rotatable bonds is 0. The Bertz CT molecular complexity index is 288. The first kappa shape index (κ1) is 7.59. The SMILES string of the molecule is [Sn].c1ccc2ocnc2c1. The van der Waals surface area contributed by atoms with Gasteiger partial charge < -0.3 is 4.42 Å². The van der Waals surface area contributed by atoms with Gasteiger partial charge in [-0.3, -0.25) is 0 Å². The number of para-hydroxylation sites is 2. The summed E-state index contributed by atoms with van der Waals surface area (Å²) in [6.45, 7) is 0. The molecule has 48 valence electrons. The molecule has 10 heavy (non-hydrogen) atoms. The Hall–Kier alpha value is -0.511. The van der Waals surface area contributed by atoms with Crippen LogP contribution in [-0.2, 0) is 0 Å². The quantitative estimate of drug-likeness (QED) is 0.649. The van der Waals surface area contributed by atoms with Crippen molar-refractivity contribution in [1.29, 1.82) is 0 Å². The Morgan fingerprint density at radius 3 is 2.80 bits per heavy atom. The van der Waals surface area contributed by atoms with Crippen molar-refractivity contribution in [2.45, 2.75) is 0 Å². The minimum absolute atomic E-state index is 0. The van der Waals surface area contributed by atoms with E-state index in [-0.39, 0.29) is 23.9 Å². The molecule has 0 fully saturated rings. The van der Waals surface area contributed by atoms with E-state index in [4.69, 9.17) is 4.42 Å². The molecule has 0 amide bonds. The fourth-order valence-corrected chi connectivity index (χ4v) is 0.803. The van der Waals surface area contributed by atoms with E-state index in [0.29, 0.717) is 0 Å². The molecule has 0 aliphatic carbocycles. The maximum absolute atomic E-state index is 5.01. The summed E-state index contributed by atoms with van der Waals surface area (Å²) in [7, 11) is 0. The number of benzene rings is 1. The largest absolute Gasteiger partial charge is 0.443 e. The number of hydrogen-bond acceptors (Lipinski definition) is 2. The molecule has 2 nitrogen and oxygen atoms in total. The van der Waals surface area contributed by atoms with Gasteiger partial charge in [-0.25, -0.2) is 4.98 Å². The van der Waals surface area contributed by atoms with Crippen molar-refractivity contribution in [2.75, 3.05) is 0 Å². The van der Waals surface area contributed by atoms with Crippen molar-refractivity contribution in [3.63, 3.8) is 0 Å². The third kappa shape index (κ3) is 1.16. The van der Waals surface area contributed by atoms with Crippen LogP contribution in [0.5, 0.6) is 0 Å². The van der Waals surface area contributed by atoms with Gasteiger partial charge in [-0.2, -0.15) is 0 Å². The van der Waals surface area contributed by atoms with E-state index >= 15 is 0 Å². The van der Waals surface area contributed by atoms with E-state index in [1.807, 2.05) is 24.3 Å². The normalized spacial score (nSPS) is 9.20. The van der Waals surface area contributed by atoms with Gasteiger partial charge in [-0.15, -0.1) is 0 Å². The Kier molecular flexibility index (Phi) is 2.32. The minimum atomic E-state index is 0. The molecule has 0 aliphatic heterocycles. The van der Waals surface area contributed by atoms with E-state index in [9.17, 15) is 0 Å². The molecule has 2 aromatic rings. The van der Waals surface area contributed by atoms with Gasteiger partial charge in [0.2, 0.25) is 0 Å². The fourth-order valence-electron chi connectivity index (χ4n) is 0.803. The van der Waals surface area contributed by atoms with Crippen LogP contribution in [0.1, 0.15) is 0 Å². The molecule has 0 N–H and O–H groups in total. The van der Waals surface area contributed by atoms with Gasteiger partial charge in [-0.05, 0) is 12.1 Å². The molecular formula is C7H5NOSn. The van der Waals surface area contributed by atoms with E-state index in [2.05, 4.69) is 4.98 Å². The molecule has 0 bridgehead atoms. The second-order valence-corrected chi connectivity index (χ2v) is 1.82. The summed E-state index contributed by atoms with van der Waals surface area (Å²) in [5, 5.41) is 0. The Balaban J connectivity index is 0.000000500. The van der Waals surface area contributed by atoms with Gasteiger partial charge in [0.1, 0.15) is 5.52 Å². The summed E-state index contributed by atoms with van der Waals surface area (Å²) in [5.41, 5.74) is 1.76. The van der Waals surface area contributed by atoms with Crippen molar-refractivity contribution in [3.8, 4) is 0 Å². The zero-order valence-electron chi connectivity index (χ0n) is 5.24. The number of nitrogens with zero attached hydrogens (tertiary/aromatic N) is 1. The summed E-state index contributed by atoms with van der Waals surface area (Å²) in [5.74, 6) is 0. The number of oxazole rings is 1. The van der Waals surface area contributed by atoms with Gasteiger partial charge in [-0.1, -0.05) is 12.1 Å². The maximum atomic E-state index is 5.01. The van der Waals surface area contributed by atoms with Crippen LogP contribution in [0, 0.1) is 0 Å². The fraction of sp³-hybridized carbons (Fsp3) is 0. The smallest absolute Gasteiger partial charge is 0.181 e. The van der Waals surface area contributed by atoms with Crippen molar-refractivity contribution in [3.05, 3.63) is 30.7 Å². The molecular weight excluding hydrogens is 233 g/mol. The maximum Gasteiger partial charge on any atom is 0.181 e. The Labute approximate surface area is 75.2 Å². The third-order valence-corrected chi connectivity index (χ3v) is 1.24. The molecule has 1 aromatic heterocycles. The molecule has 0 saturated carbocycles. The topological polar surface area (TPSA) is 26.0 Å². The van der Waals surface area contributed by atoms with Crippen LogP contribution >= 0.6 is 0 Å².